The Balaban J connectivity index is 1.53. The third-order valence-corrected chi connectivity index (χ3v) is 6.20. The fourth-order valence-corrected chi connectivity index (χ4v) is 4.74. The molecule has 0 N–H and O–H groups in total. The van der Waals surface area contributed by atoms with Gasteiger partial charge in [-0.25, -0.2) is 0 Å². The van der Waals surface area contributed by atoms with Gasteiger partial charge >= 0.3 is 0 Å². The van der Waals surface area contributed by atoms with E-state index < -0.39 is 0 Å². The van der Waals surface area contributed by atoms with Crippen molar-refractivity contribution in [2.24, 2.45) is 5.92 Å². The molecule has 0 bridgehead atoms. The van der Waals surface area contributed by atoms with E-state index in [2.05, 4.69) is 28.5 Å². The summed E-state index contributed by atoms with van der Waals surface area (Å²) in [5.41, 5.74) is 1.29. The molecule has 0 aromatic carbocycles. The Hall–Kier alpha value is -1.73. The second-order valence-corrected chi connectivity index (χ2v) is 7.64. The molecule has 0 spiro atoms. The minimum absolute atomic E-state index is 0.0202. The zero-order valence-corrected chi connectivity index (χ0v) is 14.9. The van der Waals surface area contributed by atoms with Gasteiger partial charge in [-0.3, -0.25) is 4.79 Å². The number of hydrogen-bond acceptors (Lipinski definition) is 6. The molecule has 2 fully saturated rings. The molecule has 1 aliphatic carbocycles. The molecule has 0 radical (unpaired) electrons. The van der Waals surface area contributed by atoms with Crippen LogP contribution in [0.15, 0.2) is 16.0 Å². The molecular formula is C17H21N3O3S. The quantitative estimate of drug-likeness (QED) is 0.851. The summed E-state index contributed by atoms with van der Waals surface area (Å²) in [7, 11) is 1.68. The Labute approximate surface area is 144 Å². The minimum atomic E-state index is -0.172. The smallest absolute Gasteiger partial charge is 0.249 e. The first-order valence-electron chi connectivity index (χ1n) is 8.26. The van der Waals surface area contributed by atoms with E-state index in [1.807, 2.05) is 4.90 Å². The number of rotatable bonds is 4. The van der Waals surface area contributed by atoms with E-state index in [0.29, 0.717) is 30.6 Å². The standard InChI is InChI=1S/C17H21N3O3S/c1-9-4-5-24-15(9)12-7-13(12)17(21)20-8-11(22-3)6-14(20)16-18-10(2)19-23-16/h4-5,11-14H,6-8H2,1-3H3/t11-,12-,13-,14-/m1/s1. The van der Waals surface area contributed by atoms with Crippen LogP contribution in [0.5, 0.6) is 0 Å². The van der Waals surface area contributed by atoms with Gasteiger partial charge in [0.1, 0.15) is 6.04 Å². The molecule has 4 rings (SSSR count). The van der Waals surface area contributed by atoms with E-state index in [1.54, 1.807) is 25.4 Å². The first kappa shape index (κ1) is 15.8. The Bertz CT molecular complexity index is 756. The van der Waals surface area contributed by atoms with Crippen LogP contribution in [-0.4, -0.2) is 40.7 Å². The molecule has 128 valence electrons. The average molecular weight is 347 g/mol. The molecule has 24 heavy (non-hydrogen) atoms. The van der Waals surface area contributed by atoms with Gasteiger partial charge in [-0.05, 0) is 37.3 Å². The summed E-state index contributed by atoms with van der Waals surface area (Å²) >= 11 is 1.75. The van der Waals surface area contributed by atoms with Crippen molar-refractivity contribution in [3.63, 3.8) is 0 Å². The van der Waals surface area contributed by atoms with E-state index in [-0.39, 0.29) is 24.0 Å². The van der Waals surface area contributed by atoms with Crippen LogP contribution in [0.1, 0.15) is 47.0 Å². The van der Waals surface area contributed by atoms with Crippen molar-refractivity contribution in [3.8, 4) is 0 Å². The van der Waals surface area contributed by atoms with Gasteiger partial charge in [0.15, 0.2) is 5.82 Å². The predicted molar refractivity (Wildman–Crippen MR) is 88.8 cm³/mol. The highest BCUT2D eigenvalue weighted by molar-refractivity contribution is 7.10. The Morgan fingerprint density at radius 1 is 1.42 bits per heavy atom. The predicted octanol–water partition coefficient (Wildman–Crippen LogP) is 2.84. The second kappa shape index (κ2) is 5.97. The number of aryl methyl sites for hydroxylation is 2. The maximum absolute atomic E-state index is 13.1. The van der Waals surface area contributed by atoms with Gasteiger partial charge in [0.2, 0.25) is 11.8 Å². The van der Waals surface area contributed by atoms with Crippen molar-refractivity contribution >= 4 is 17.2 Å². The first-order valence-corrected chi connectivity index (χ1v) is 9.14. The van der Waals surface area contributed by atoms with Crippen LogP contribution in [0.3, 0.4) is 0 Å². The van der Waals surface area contributed by atoms with Gasteiger partial charge in [0, 0.05) is 36.8 Å². The number of thiophene rings is 1. The highest BCUT2D eigenvalue weighted by Crippen LogP contribution is 2.52. The van der Waals surface area contributed by atoms with Gasteiger partial charge in [0.25, 0.3) is 0 Å². The fraction of sp³-hybridized carbons (Fsp3) is 0.588. The molecular weight excluding hydrogens is 326 g/mol. The average Bonchev–Trinajstić information content (AvgIpc) is 2.92. The molecule has 4 atom stereocenters. The van der Waals surface area contributed by atoms with E-state index in [4.69, 9.17) is 9.26 Å². The lowest BCUT2D eigenvalue weighted by Gasteiger charge is -2.21. The van der Waals surface area contributed by atoms with Crippen molar-refractivity contribution in [2.45, 2.75) is 44.8 Å². The van der Waals surface area contributed by atoms with Crippen LogP contribution >= 0.6 is 11.3 Å². The van der Waals surface area contributed by atoms with Crippen LogP contribution < -0.4 is 0 Å². The lowest BCUT2D eigenvalue weighted by atomic mass is 10.1. The number of amides is 1. The highest BCUT2D eigenvalue weighted by atomic mass is 32.1. The molecule has 1 aliphatic heterocycles. The number of ether oxygens (including phenoxy) is 1. The Kier molecular flexibility index (Phi) is 3.92. The topological polar surface area (TPSA) is 68.5 Å². The summed E-state index contributed by atoms with van der Waals surface area (Å²) in [5, 5.41) is 5.97. The molecule has 3 heterocycles. The summed E-state index contributed by atoms with van der Waals surface area (Å²) in [4.78, 5) is 20.6. The maximum Gasteiger partial charge on any atom is 0.249 e. The number of aromatic nitrogens is 2. The molecule has 1 amide bonds. The number of likely N-dealkylation sites (tertiary alicyclic amines) is 1. The fourth-order valence-electron chi connectivity index (χ4n) is 3.63. The number of carbonyl (C=O) groups excluding carboxylic acids is 1. The number of methoxy groups -OCH3 is 1. The van der Waals surface area contributed by atoms with Crippen molar-refractivity contribution in [2.75, 3.05) is 13.7 Å². The SMILES string of the molecule is CO[C@@H]1C[C@H](c2nc(C)no2)N(C(=O)[C@@H]2C[C@H]2c2sccc2C)C1. The molecule has 2 aliphatic rings. The Morgan fingerprint density at radius 2 is 2.25 bits per heavy atom. The van der Waals surface area contributed by atoms with Crippen LogP contribution in [-0.2, 0) is 9.53 Å². The van der Waals surface area contributed by atoms with Crippen LogP contribution in [0.2, 0.25) is 0 Å². The summed E-state index contributed by atoms with van der Waals surface area (Å²) < 4.78 is 10.8. The molecule has 6 nitrogen and oxygen atoms in total. The lowest BCUT2D eigenvalue weighted by molar-refractivity contribution is -0.134. The van der Waals surface area contributed by atoms with E-state index in [9.17, 15) is 4.79 Å². The van der Waals surface area contributed by atoms with Crippen LogP contribution in [0.25, 0.3) is 0 Å². The van der Waals surface area contributed by atoms with Gasteiger partial charge in [0.05, 0.1) is 6.10 Å². The minimum Gasteiger partial charge on any atom is -0.380 e. The van der Waals surface area contributed by atoms with Gasteiger partial charge in [-0.2, -0.15) is 4.98 Å². The molecule has 7 heteroatoms. The van der Waals surface area contributed by atoms with Crippen molar-refractivity contribution < 1.29 is 14.1 Å². The number of hydrogen-bond donors (Lipinski definition) is 0. The van der Waals surface area contributed by atoms with Gasteiger partial charge in [-0.15, -0.1) is 11.3 Å². The molecule has 2 aromatic heterocycles. The summed E-state index contributed by atoms with van der Waals surface area (Å²) in [5.74, 6) is 1.74. The van der Waals surface area contributed by atoms with Gasteiger partial charge in [-0.1, -0.05) is 5.16 Å². The summed E-state index contributed by atoms with van der Waals surface area (Å²) in [6.07, 6.45) is 1.66. The van der Waals surface area contributed by atoms with Gasteiger partial charge < -0.3 is 14.2 Å². The van der Waals surface area contributed by atoms with Crippen molar-refractivity contribution in [3.05, 3.63) is 33.6 Å². The normalized spacial score (nSPS) is 29.2. The highest BCUT2D eigenvalue weighted by Gasteiger charge is 2.50. The first-order chi connectivity index (χ1) is 11.6. The van der Waals surface area contributed by atoms with E-state index in [1.165, 1.54) is 10.4 Å². The van der Waals surface area contributed by atoms with Crippen molar-refractivity contribution in [1.82, 2.24) is 15.0 Å². The lowest BCUT2D eigenvalue weighted by Crippen LogP contribution is -2.33. The molecule has 0 unspecified atom stereocenters. The van der Waals surface area contributed by atoms with E-state index in [0.717, 1.165) is 6.42 Å². The van der Waals surface area contributed by atoms with Crippen LogP contribution in [0.4, 0.5) is 0 Å². The number of carbonyl (C=O) groups is 1. The third-order valence-electron chi connectivity index (χ3n) is 5.05. The van der Waals surface area contributed by atoms with Crippen molar-refractivity contribution in [1.29, 1.82) is 0 Å². The molecule has 1 saturated carbocycles. The molecule has 2 aromatic rings. The summed E-state index contributed by atoms with van der Waals surface area (Å²) in [6, 6.07) is 1.95. The monoisotopic (exact) mass is 347 g/mol. The summed E-state index contributed by atoms with van der Waals surface area (Å²) in [6.45, 7) is 4.50. The zero-order valence-electron chi connectivity index (χ0n) is 14.1. The zero-order chi connectivity index (χ0) is 16.8. The van der Waals surface area contributed by atoms with Crippen LogP contribution in [0, 0.1) is 19.8 Å². The number of nitrogens with zero attached hydrogens (tertiary/aromatic N) is 3. The third kappa shape index (κ3) is 2.65. The Morgan fingerprint density at radius 3 is 2.88 bits per heavy atom. The molecule has 1 saturated heterocycles. The second-order valence-electron chi connectivity index (χ2n) is 6.70. The maximum atomic E-state index is 13.1. The largest absolute Gasteiger partial charge is 0.380 e. The van der Waals surface area contributed by atoms with E-state index >= 15 is 0 Å².